The zero-order valence-electron chi connectivity index (χ0n) is 9.88. The topological polar surface area (TPSA) is 36.4 Å². The molecule has 0 saturated carbocycles. The van der Waals surface area contributed by atoms with Crippen molar-refractivity contribution in [3.63, 3.8) is 0 Å². The van der Waals surface area contributed by atoms with Gasteiger partial charge in [-0.2, -0.15) is 5.10 Å². The minimum absolute atomic E-state index is 0.478. The summed E-state index contributed by atoms with van der Waals surface area (Å²) in [5.41, 5.74) is 3.73. The SMILES string of the molecule is Cc1ccc(/C=N/NC(=S)Nc2ccccc2)s1. The van der Waals surface area contributed by atoms with Crippen LogP contribution in [0.5, 0.6) is 0 Å². The molecule has 0 aliphatic rings. The molecule has 0 amide bonds. The Balaban J connectivity index is 1.83. The third-order valence-electron chi connectivity index (χ3n) is 2.15. The number of hydrogen-bond acceptors (Lipinski definition) is 3. The van der Waals surface area contributed by atoms with Gasteiger partial charge in [-0.1, -0.05) is 18.2 Å². The van der Waals surface area contributed by atoms with E-state index in [1.807, 2.05) is 36.4 Å². The number of benzene rings is 1. The second kappa shape index (κ2) is 6.28. The van der Waals surface area contributed by atoms with E-state index in [1.54, 1.807) is 17.6 Å². The monoisotopic (exact) mass is 275 g/mol. The number of hydrazone groups is 1. The van der Waals surface area contributed by atoms with Crippen molar-refractivity contribution in [3.8, 4) is 0 Å². The zero-order chi connectivity index (χ0) is 12.8. The van der Waals surface area contributed by atoms with Gasteiger partial charge in [0.25, 0.3) is 0 Å². The van der Waals surface area contributed by atoms with E-state index >= 15 is 0 Å². The molecule has 2 rings (SSSR count). The minimum Gasteiger partial charge on any atom is -0.331 e. The Kier molecular flexibility index (Phi) is 4.44. The first kappa shape index (κ1) is 12.7. The number of thiophene rings is 1. The number of anilines is 1. The van der Waals surface area contributed by atoms with Crippen LogP contribution in [0.3, 0.4) is 0 Å². The Hall–Kier alpha value is -1.72. The van der Waals surface area contributed by atoms with Crippen LogP contribution < -0.4 is 10.7 Å². The van der Waals surface area contributed by atoms with Gasteiger partial charge in [0.05, 0.1) is 6.21 Å². The Bertz CT molecular complexity index is 546. The summed E-state index contributed by atoms with van der Waals surface area (Å²) in [5, 5.41) is 7.60. The fourth-order valence-corrected chi connectivity index (χ4v) is 2.28. The molecule has 0 aliphatic heterocycles. The molecule has 1 heterocycles. The molecular formula is C13H13N3S2. The third-order valence-corrected chi connectivity index (χ3v) is 3.28. The van der Waals surface area contributed by atoms with Gasteiger partial charge in [-0.05, 0) is 43.4 Å². The Labute approximate surface area is 116 Å². The number of nitrogens with one attached hydrogen (secondary N) is 2. The highest BCUT2D eigenvalue weighted by Gasteiger charge is 1.95. The molecule has 1 aromatic carbocycles. The molecule has 0 unspecified atom stereocenters. The van der Waals surface area contributed by atoms with Crippen molar-refractivity contribution >= 4 is 40.6 Å². The zero-order valence-corrected chi connectivity index (χ0v) is 11.5. The first-order valence-electron chi connectivity index (χ1n) is 5.45. The molecule has 3 nitrogen and oxygen atoms in total. The van der Waals surface area contributed by atoms with Gasteiger partial charge < -0.3 is 5.32 Å². The van der Waals surface area contributed by atoms with Gasteiger partial charge in [0.15, 0.2) is 5.11 Å². The van der Waals surface area contributed by atoms with E-state index in [2.05, 4.69) is 28.8 Å². The number of thiocarbonyl (C=S) groups is 1. The van der Waals surface area contributed by atoms with Gasteiger partial charge in [0.1, 0.15) is 0 Å². The Morgan fingerprint density at radius 3 is 2.67 bits per heavy atom. The molecular weight excluding hydrogens is 262 g/mol. The first-order chi connectivity index (χ1) is 8.74. The van der Waals surface area contributed by atoms with Crippen LogP contribution in [-0.2, 0) is 0 Å². The predicted octanol–water partition coefficient (Wildman–Crippen LogP) is 3.38. The standard InChI is InChI=1S/C13H13N3S2/c1-10-7-8-12(18-10)9-14-16-13(17)15-11-5-3-2-4-6-11/h2-9H,1H3,(H2,15,16,17)/b14-9+. The molecule has 1 aromatic heterocycles. The van der Waals surface area contributed by atoms with Crippen LogP contribution in [0.1, 0.15) is 9.75 Å². The highest BCUT2D eigenvalue weighted by Crippen LogP contribution is 2.12. The van der Waals surface area contributed by atoms with Gasteiger partial charge in [-0.15, -0.1) is 11.3 Å². The van der Waals surface area contributed by atoms with Crippen LogP contribution in [0.15, 0.2) is 47.6 Å². The number of hydrogen-bond donors (Lipinski definition) is 2. The summed E-state index contributed by atoms with van der Waals surface area (Å²) in [4.78, 5) is 2.36. The summed E-state index contributed by atoms with van der Waals surface area (Å²) >= 11 is 6.81. The molecule has 0 aliphatic carbocycles. The van der Waals surface area contributed by atoms with Gasteiger partial charge in [-0.3, -0.25) is 5.43 Å². The van der Waals surface area contributed by atoms with Crippen LogP contribution >= 0.6 is 23.6 Å². The van der Waals surface area contributed by atoms with E-state index in [9.17, 15) is 0 Å². The van der Waals surface area contributed by atoms with E-state index in [4.69, 9.17) is 12.2 Å². The molecule has 0 spiro atoms. The van der Waals surface area contributed by atoms with E-state index < -0.39 is 0 Å². The van der Waals surface area contributed by atoms with Crippen molar-refractivity contribution in [1.82, 2.24) is 5.43 Å². The number of rotatable bonds is 3. The van der Waals surface area contributed by atoms with Crippen LogP contribution in [-0.4, -0.2) is 11.3 Å². The Morgan fingerprint density at radius 1 is 1.22 bits per heavy atom. The highest BCUT2D eigenvalue weighted by atomic mass is 32.1. The molecule has 0 saturated heterocycles. The maximum absolute atomic E-state index is 5.12. The van der Waals surface area contributed by atoms with Crippen molar-refractivity contribution in [2.24, 2.45) is 5.10 Å². The average molecular weight is 275 g/mol. The largest absolute Gasteiger partial charge is 0.331 e. The summed E-state index contributed by atoms with van der Waals surface area (Å²) in [6.45, 7) is 2.07. The highest BCUT2D eigenvalue weighted by molar-refractivity contribution is 7.80. The van der Waals surface area contributed by atoms with Crippen molar-refractivity contribution < 1.29 is 0 Å². The minimum atomic E-state index is 0.478. The van der Waals surface area contributed by atoms with Crippen molar-refractivity contribution in [2.45, 2.75) is 6.92 Å². The molecule has 0 atom stereocenters. The lowest BCUT2D eigenvalue weighted by molar-refractivity contribution is 1.05. The molecule has 0 fully saturated rings. The second-order valence-electron chi connectivity index (χ2n) is 3.64. The van der Waals surface area contributed by atoms with Crippen molar-refractivity contribution in [3.05, 3.63) is 52.2 Å². The Morgan fingerprint density at radius 2 is 2.00 bits per heavy atom. The predicted molar refractivity (Wildman–Crippen MR) is 82.4 cm³/mol. The normalized spacial score (nSPS) is 10.5. The van der Waals surface area contributed by atoms with Crippen molar-refractivity contribution in [2.75, 3.05) is 5.32 Å². The lowest BCUT2D eigenvalue weighted by atomic mass is 10.3. The fraction of sp³-hybridized carbons (Fsp3) is 0.0769. The van der Waals surface area contributed by atoms with Crippen molar-refractivity contribution in [1.29, 1.82) is 0 Å². The van der Waals surface area contributed by atoms with Gasteiger partial charge >= 0.3 is 0 Å². The van der Waals surface area contributed by atoms with E-state index in [-0.39, 0.29) is 0 Å². The molecule has 18 heavy (non-hydrogen) atoms. The van der Waals surface area contributed by atoms with Gasteiger partial charge in [-0.25, -0.2) is 0 Å². The second-order valence-corrected chi connectivity index (χ2v) is 5.37. The van der Waals surface area contributed by atoms with E-state index in [0.717, 1.165) is 10.6 Å². The number of nitrogens with zero attached hydrogens (tertiary/aromatic N) is 1. The molecule has 0 bridgehead atoms. The van der Waals surface area contributed by atoms with E-state index in [0.29, 0.717) is 5.11 Å². The van der Waals surface area contributed by atoms with Crippen LogP contribution in [0.4, 0.5) is 5.69 Å². The molecule has 92 valence electrons. The summed E-state index contributed by atoms with van der Waals surface area (Å²) in [7, 11) is 0. The van der Waals surface area contributed by atoms with Crippen LogP contribution in [0, 0.1) is 6.92 Å². The molecule has 0 radical (unpaired) electrons. The van der Waals surface area contributed by atoms with Crippen LogP contribution in [0.25, 0.3) is 0 Å². The molecule has 5 heteroatoms. The maximum Gasteiger partial charge on any atom is 0.191 e. The summed E-state index contributed by atoms with van der Waals surface area (Å²) in [6, 6.07) is 13.8. The maximum atomic E-state index is 5.12. The summed E-state index contributed by atoms with van der Waals surface area (Å²) in [6.07, 6.45) is 1.76. The quantitative estimate of drug-likeness (QED) is 0.512. The lowest BCUT2D eigenvalue weighted by Crippen LogP contribution is -2.23. The number of para-hydroxylation sites is 1. The van der Waals surface area contributed by atoms with E-state index in [1.165, 1.54) is 4.88 Å². The third kappa shape index (κ3) is 3.94. The lowest BCUT2D eigenvalue weighted by Gasteiger charge is -2.05. The smallest absolute Gasteiger partial charge is 0.191 e. The summed E-state index contributed by atoms with van der Waals surface area (Å²) in [5.74, 6) is 0. The van der Waals surface area contributed by atoms with Crippen LogP contribution in [0.2, 0.25) is 0 Å². The van der Waals surface area contributed by atoms with Gasteiger partial charge in [0.2, 0.25) is 0 Å². The number of aryl methyl sites for hydroxylation is 1. The first-order valence-corrected chi connectivity index (χ1v) is 6.68. The fourth-order valence-electron chi connectivity index (χ4n) is 1.36. The average Bonchev–Trinajstić information content (AvgIpc) is 2.76. The molecule has 2 aromatic rings. The molecule has 2 N–H and O–H groups in total. The summed E-state index contributed by atoms with van der Waals surface area (Å²) < 4.78 is 0. The van der Waals surface area contributed by atoms with Gasteiger partial charge in [0, 0.05) is 15.4 Å².